The SMILES string of the molecule is CC(COc1cccnc1C(N)=O)=NCC(O)COc1ncccc1C. The zero-order valence-electron chi connectivity index (χ0n) is 14.8. The van der Waals surface area contributed by atoms with E-state index in [4.69, 9.17) is 15.2 Å². The van der Waals surface area contributed by atoms with Crippen molar-refractivity contribution in [3.05, 3.63) is 47.9 Å². The number of aryl methyl sites for hydroxylation is 1. The van der Waals surface area contributed by atoms with Crippen LogP contribution >= 0.6 is 0 Å². The molecule has 0 aliphatic rings. The minimum Gasteiger partial charge on any atom is -0.485 e. The smallest absolute Gasteiger partial charge is 0.271 e. The van der Waals surface area contributed by atoms with Crippen molar-refractivity contribution in [3.63, 3.8) is 0 Å². The lowest BCUT2D eigenvalue weighted by molar-refractivity contribution is 0.0992. The first-order valence-corrected chi connectivity index (χ1v) is 8.07. The molecule has 26 heavy (non-hydrogen) atoms. The fourth-order valence-electron chi connectivity index (χ4n) is 2.03. The maximum atomic E-state index is 11.3. The van der Waals surface area contributed by atoms with E-state index in [2.05, 4.69) is 15.0 Å². The number of aromatic nitrogens is 2. The van der Waals surface area contributed by atoms with E-state index in [9.17, 15) is 9.90 Å². The topological polar surface area (TPSA) is 120 Å². The molecular formula is C18H22N4O4. The predicted molar refractivity (Wildman–Crippen MR) is 96.7 cm³/mol. The zero-order chi connectivity index (χ0) is 18.9. The van der Waals surface area contributed by atoms with E-state index < -0.39 is 12.0 Å². The van der Waals surface area contributed by atoms with Crippen molar-refractivity contribution in [2.45, 2.75) is 20.0 Å². The highest BCUT2D eigenvalue weighted by Gasteiger charge is 2.11. The fourth-order valence-corrected chi connectivity index (χ4v) is 2.03. The minimum absolute atomic E-state index is 0.0689. The number of nitrogens with zero attached hydrogens (tertiary/aromatic N) is 3. The van der Waals surface area contributed by atoms with Gasteiger partial charge < -0.3 is 20.3 Å². The lowest BCUT2D eigenvalue weighted by atomic mass is 10.3. The van der Waals surface area contributed by atoms with Gasteiger partial charge in [-0.1, -0.05) is 6.07 Å². The van der Waals surface area contributed by atoms with Crippen LogP contribution in [0.1, 0.15) is 23.0 Å². The fraction of sp³-hybridized carbons (Fsp3) is 0.333. The number of aliphatic hydroxyl groups excluding tert-OH is 1. The highest BCUT2D eigenvalue weighted by Crippen LogP contribution is 2.14. The third kappa shape index (κ3) is 5.82. The van der Waals surface area contributed by atoms with E-state index in [0.29, 0.717) is 17.3 Å². The van der Waals surface area contributed by atoms with Gasteiger partial charge in [0.25, 0.3) is 5.91 Å². The van der Waals surface area contributed by atoms with Gasteiger partial charge in [-0.15, -0.1) is 0 Å². The standard InChI is InChI=1S/C18H22N4O4/c1-12-5-3-8-21-18(12)26-11-14(23)9-22-13(2)10-25-15-6-4-7-20-16(15)17(19)24/h3-8,14,23H,9-11H2,1-2H3,(H2,19,24). The molecule has 0 spiro atoms. The number of carbonyl (C=O) groups is 1. The molecule has 0 radical (unpaired) electrons. The molecule has 2 heterocycles. The second kappa shape index (κ2) is 9.47. The molecule has 1 atom stereocenters. The predicted octanol–water partition coefficient (Wildman–Crippen LogP) is 1.16. The number of nitrogens with two attached hydrogens (primary N) is 1. The number of primary amides is 1. The molecule has 2 rings (SSSR count). The molecule has 2 aromatic rings. The number of rotatable bonds is 9. The number of carbonyl (C=O) groups excluding carboxylic acids is 1. The summed E-state index contributed by atoms with van der Waals surface area (Å²) in [6, 6.07) is 6.96. The Labute approximate surface area is 151 Å². The quantitative estimate of drug-likeness (QED) is 0.649. The van der Waals surface area contributed by atoms with E-state index in [-0.39, 0.29) is 25.5 Å². The number of ether oxygens (including phenoxy) is 2. The van der Waals surface area contributed by atoms with Crippen molar-refractivity contribution < 1.29 is 19.4 Å². The van der Waals surface area contributed by atoms with Crippen LogP contribution in [0.2, 0.25) is 0 Å². The van der Waals surface area contributed by atoms with E-state index in [1.807, 2.05) is 19.1 Å². The molecule has 8 heteroatoms. The van der Waals surface area contributed by atoms with Gasteiger partial charge in [-0.05, 0) is 32.0 Å². The first-order valence-electron chi connectivity index (χ1n) is 8.07. The number of pyridine rings is 2. The summed E-state index contributed by atoms with van der Waals surface area (Å²) in [6.07, 6.45) is 2.33. The highest BCUT2D eigenvalue weighted by atomic mass is 16.5. The second-order valence-corrected chi connectivity index (χ2v) is 5.67. The Morgan fingerprint density at radius 1 is 1.27 bits per heavy atom. The number of aliphatic imine (C=N–C) groups is 1. The summed E-state index contributed by atoms with van der Waals surface area (Å²) in [6.45, 7) is 4.05. The van der Waals surface area contributed by atoms with Crippen LogP contribution in [0.5, 0.6) is 11.6 Å². The molecule has 2 aromatic heterocycles. The van der Waals surface area contributed by atoms with Crippen LogP contribution in [0, 0.1) is 6.92 Å². The molecule has 8 nitrogen and oxygen atoms in total. The van der Waals surface area contributed by atoms with E-state index >= 15 is 0 Å². The molecule has 0 saturated carbocycles. The van der Waals surface area contributed by atoms with Crippen molar-refractivity contribution >= 4 is 11.6 Å². The molecule has 0 aromatic carbocycles. The molecule has 0 fully saturated rings. The first-order chi connectivity index (χ1) is 12.5. The summed E-state index contributed by atoms with van der Waals surface area (Å²) >= 11 is 0. The van der Waals surface area contributed by atoms with Crippen LogP contribution in [0.3, 0.4) is 0 Å². The minimum atomic E-state index is -0.772. The Kier molecular flexibility index (Phi) is 7.04. The molecule has 138 valence electrons. The van der Waals surface area contributed by atoms with Crippen molar-refractivity contribution in [3.8, 4) is 11.6 Å². The van der Waals surface area contributed by atoms with Gasteiger partial charge >= 0.3 is 0 Å². The zero-order valence-corrected chi connectivity index (χ0v) is 14.8. The lowest BCUT2D eigenvalue weighted by Crippen LogP contribution is -2.23. The Morgan fingerprint density at radius 2 is 2.00 bits per heavy atom. The molecule has 0 aliphatic carbocycles. The Morgan fingerprint density at radius 3 is 2.73 bits per heavy atom. The molecule has 3 N–H and O–H groups in total. The van der Waals surface area contributed by atoms with Gasteiger partial charge in [0.1, 0.15) is 19.3 Å². The highest BCUT2D eigenvalue weighted by molar-refractivity contribution is 5.93. The van der Waals surface area contributed by atoms with Gasteiger partial charge in [-0.3, -0.25) is 9.79 Å². The summed E-state index contributed by atoms with van der Waals surface area (Å²) < 4.78 is 11.0. The van der Waals surface area contributed by atoms with Crippen LogP contribution in [-0.2, 0) is 0 Å². The monoisotopic (exact) mass is 358 g/mol. The van der Waals surface area contributed by atoms with Crippen molar-refractivity contribution in [1.29, 1.82) is 0 Å². The second-order valence-electron chi connectivity index (χ2n) is 5.67. The van der Waals surface area contributed by atoms with Crippen LogP contribution in [0.15, 0.2) is 41.7 Å². The Balaban J connectivity index is 1.81. The van der Waals surface area contributed by atoms with E-state index in [0.717, 1.165) is 5.56 Å². The first kappa shape index (κ1) is 19.3. The number of hydrogen-bond acceptors (Lipinski definition) is 7. The van der Waals surface area contributed by atoms with Crippen molar-refractivity contribution in [2.24, 2.45) is 10.7 Å². The number of hydrogen-bond donors (Lipinski definition) is 2. The van der Waals surface area contributed by atoms with E-state index in [1.54, 1.807) is 25.3 Å². The molecule has 1 unspecified atom stereocenters. The molecule has 0 saturated heterocycles. The number of amides is 1. The van der Waals surface area contributed by atoms with Crippen LogP contribution in [0.4, 0.5) is 0 Å². The molecular weight excluding hydrogens is 336 g/mol. The summed E-state index contributed by atoms with van der Waals surface area (Å²) in [5, 5.41) is 9.98. The third-order valence-corrected chi connectivity index (χ3v) is 3.39. The summed E-state index contributed by atoms with van der Waals surface area (Å²) in [5.74, 6) is 0.128. The number of aliphatic hydroxyl groups is 1. The average Bonchev–Trinajstić information content (AvgIpc) is 2.64. The van der Waals surface area contributed by atoms with Gasteiger partial charge in [0.05, 0.1) is 6.54 Å². The molecule has 0 aliphatic heterocycles. The van der Waals surface area contributed by atoms with Gasteiger partial charge in [-0.25, -0.2) is 9.97 Å². The van der Waals surface area contributed by atoms with Crippen molar-refractivity contribution in [2.75, 3.05) is 19.8 Å². The van der Waals surface area contributed by atoms with Crippen LogP contribution in [0.25, 0.3) is 0 Å². The van der Waals surface area contributed by atoms with Crippen molar-refractivity contribution in [1.82, 2.24) is 9.97 Å². The summed E-state index contributed by atoms with van der Waals surface area (Å²) in [4.78, 5) is 23.5. The maximum Gasteiger partial charge on any atom is 0.271 e. The largest absolute Gasteiger partial charge is 0.485 e. The lowest BCUT2D eigenvalue weighted by Gasteiger charge is -2.12. The molecule has 0 bridgehead atoms. The van der Waals surface area contributed by atoms with Gasteiger partial charge in [0.2, 0.25) is 5.88 Å². The maximum absolute atomic E-state index is 11.3. The van der Waals surface area contributed by atoms with Crippen LogP contribution in [-0.4, -0.2) is 52.6 Å². The normalized spacial score (nSPS) is 12.5. The summed E-state index contributed by atoms with van der Waals surface area (Å²) in [7, 11) is 0. The van der Waals surface area contributed by atoms with E-state index in [1.165, 1.54) is 6.20 Å². The Hall–Kier alpha value is -3.00. The van der Waals surface area contributed by atoms with Gasteiger partial charge in [-0.2, -0.15) is 0 Å². The average molecular weight is 358 g/mol. The third-order valence-electron chi connectivity index (χ3n) is 3.39. The van der Waals surface area contributed by atoms with Gasteiger partial charge in [0.15, 0.2) is 11.4 Å². The summed E-state index contributed by atoms with van der Waals surface area (Å²) in [5.41, 5.74) is 6.86. The van der Waals surface area contributed by atoms with Gasteiger partial charge in [0, 0.05) is 23.7 Å². The molecule has 1 amide bonds. The van der Waals surface area contributed by atoms with Crippen LogP contribution < -0.4 is 15.2 Å². The Bertz CT molecular complexity index is 779.